The lowest BCUT2D eigenvalue weighted by atomic mass is 9.82. The molecule has 0 rings (SSSR count). The van der Waals surface area contributed by atoms with E-state index in [-0.39, 0.29) is 0 Å². The monoisotopic (exact) mass is 552 g/mol. The molecule has 0 bridgehead atoms. The Hall–Kier alpha value is 0.650. The maximum absolute atomic E-state index is 5.66. The van der Waals surface area contributed by atoms with Crippen molar-refractivity contribution >= 4 is 22.6 Å². The molecule has 0 fully saturated rings. The third kappa shape index (κ3) is 22.2. The molecule has 0 spiro atoms. The number of rotatable bonds is 22. The summed E-state index contributed by atoms with van der Waals surface area (Å²) in [4.78, 5) is 0. The number of hydrogen-bond acceptors (Lipinski definition) is 2. The van der Waals surface area contributed by atoms with Gasteiger partial charge in [0.25, 0.3) is 0 Å². The number of hydrogen-bond donors (Lipinski definition) is 0. The van der Waals surface area contributed by atoms with Crippen molar-refractivity contribution in [1.29, 1.82) is 0 Å². The molecule has 2 nitrogen and oxygen atoms in total. The average Bonchev–Trinajstić information content (AvgIpc) is 2.64. The minimum Gasteiger partial charge on any atom is -0.355 e. The zero-order valence-corrected chi connectivity index (χ0v) is 24.4. The molecule has 0 aliphatic rings. The van der Waals surface area contributed by atoms with Gasteiger partial charge in [-0.05, 0) is 81.0 Å². The first-order chi connectivity index (χ1) is 14.7. The van der Waals surface area contributed by atoms with Gasteiger partial charge in [-0.3, -0.25) is 0 Å². The SMILES string of the molecule is CCCCCCCOCOCCCC(C)CC(C)CC(C)CC(C)CC(C)CC(C)I. The van der Waals surface area contributed by atoms with Gasteiger partial charge in [0.05, 0.1) is 0 Å². The van der Waals surface area contributed by atoms with Gasteiger partial charge in [-0.15, -0.1) is 0 Å². The van der Waals surface area contributed by atoms with Crippen LogP contribution >= 0.6 is 22.6 Å². The predicted octanol–water partition coefficient (Wildman–Crippen LogP) is 9.68. The van der Waals surface area contributed by atoms with Gasteiger partial charge in [-0.2, -0.15) is 0 Å². The van der Waals surface area contributed by atoms with Crippen LogP contribution < -0.4 is 0 Å². The molecule has 0 amide bonds. The fourth-order valence-corrected chi connectivity index (χ4v) is 6.19. The van der Waals surface area contributed by atoms with E-state index < -0.39 is 0 Å². The fraction of sp³-hybridized carbons (Fsp3) is 1.00. The van der Waals surface area contributed by atoms with E-state index in [4.69, 9.17) is 9.47 Å². The Morgan fingerprint density at radius 3 is 1.52 bits per heavy atom. The number of ether oxygens (including phenoxy) is 2. The summed E-state index contributed by atoms with van der Waals surface area (Å²) in [5, 5.41) is 0. The van der Waals surface area contributed by atoms with Crippen molar-refractivity contribution in [3.8, 4) is 0 Å². The van der Waals surface area contributed by atoms with Crippen LogP contribution in [0.15, 0.2) is 0 Å². The first kappa shape index (κ1) is 31.6. The summed E-state index contributed by atoms with van der Waals surface area (Å²) >= 11 is 2.57. The topological polar surface area (TPSA) is 18.5 Å². The Morgan fingerprint density at radius 2 is 1.00 bits per heavy atom. The standard InChI is InChI=1S/C28H57IO2/c1-8-9-10-11-12-15-30-22-31-16-13-14-23(2)17-24(3)18-25(4)19-26(5)20-27(6)21-28(7)29/h23-28H,8-22H2,1-7H3. The smallest absolute Gasteiger partial charge is 0.146 e. The molecule has 0 saturated carbocycles. The molecule has 0 aliphatic heterocycles. The van der Waals surface area contributed by atoms with Crippen molar-refractivity contribution in [3.05, 3.63) is 0 Å². The Morgan fingerprint density at radius 1 is 0.548 bits per heavy atom. The van der Waals surface area contributed by atoms with Gasteiger partial charge < -0.3 is 9.47 Å². The summed E-state index contributed by atoms with van der Waals surface area (Å²) < 4.78 is 12.0. The van der Waals surface area contributed by atoms with Crippen LogP contribution in [0.2, 0.25) is 0 Å². The molecule has 0 aliphatic carbocycles. The minimum absolute atomic E-state index is 0.476. The molecule has 0 N–H and O–H groups in total. The third-order valence-electron chi connectivity index (χ3n) is 6.49. The number of unbranched alkanes of at least 4 members (excludes halogenated alkanes) is 4. The summed E-state index contributed by atoms with van der Waals surface area (Å²) in [5.74, 6) is 4.21. The van der Waals surface area contributed by atoms with Gasteiger partial charge in [-0.1, -0.05) is 96.7 Å². The van der Waals surface area contributed by atoms with Crippen LogP contribution in [0, 0.1) is 29.6 Å². The molecule has 6 atom stereocenters. The second-order valence-corrected chi connectivity index (χ2v) is 13.1. The van der Waals surface area contributed by atoms with E-state index in [2.05, 4.69) is 71.1 Å². The van der Waals surface area contributed by atoms with Gasteiger partial charge in [0.1, 0.15) is 6.79 Å². The summed E-state index contributed by atoms with van der Waals surface area (Å²) in [6.07, 6.45) is 15.8. The van der Waals surface area contributed by atoms with Crippen molar-refractivity contribution in [3.63, 3.8) is 0 Å². The van der Waals surface area contributed by atoms with Crippen LogP contribution in [0.25, 0.3) is 0 Å². The molecular weight excluding hydrogens is 495 g/mol. The highest BCUT2D eigenvalue weighted by molar-refractivity contribution is 14.1. The molecule has 0 aromatic rings. The van der Waals surface area contributed by atoms with Crippen LogP contribution in [0.1, 0.15) is 126 Å². The predicted molar refractivity (Wildman–Crippen MR) is 147 cm³/mol. The van der Waals surface area contributed by atoms with E-state index in [1.165, 1.54) is 70.6 Å². The Labute approximate surface area is 210 Å². The lowest BCUT2D eigenvalue weighted by molar-refractivity contribution is -0.0561. The average molecular weight is 553 g/mol. The highest BCUT2D eigenvalue weighted by Gasteiger charge is 2.17. The largest absolute Gasteiger partial charge is 0.355 e. The Balaban J connectivity index is 3.68. The van der Waals surface area contributed by atoms with Gasteiger partial charge in [0.2, 0.25) is 0 Å². The van der Waals surface area contributed by atoms with Crippen LogP contribution in [-0.4, -0.2) is 23.9 Å². The summed E-state index contributed by atoms with van der Waals surface area (Å²) in [7, 11) is 0. The molecule has 0 aromatic carbocycles. The summed E-state index contributed by atoms with van der Waals surface area (Å²) in [5.41, 5.74) is 0. The van der Waals surface area contributed by atoms with Crippen LogP contribution in [-0.2, 0) is 9.47 Å². The van der Waals surface area contributed by atoms with Gasteiger partial charge in [-0.25, -0.2) is 0 Å². The minimum atomic E-state index is 0.476. The molecule has 3 heteroatoms. The molecule has 0 heterocycles. The van der Waals surface area contributed by atoms with E-state index in [1.54, 1.807) is 0 Å². The summed E-state index contributed by atoms with van der Waals surface area (Å²) in [6, 6.07) is 0. The number of halogens is 1. The van der Waals surface area contributed by atoms with Crippen molar-refractivity contribution in [1.82, 2.24) is 0 Å². The lowest BCUT2D eigenvalue weighted by Gasteiger charge is -2.24. The van der Waals surface area contributed by atoms with E-state index in [1.807, 2.05) is 0 Å². The molecule has 188 valence electrons. The number of alkyl halides is 1. The first-order valence-electron chi connectivity index (χ1n) is 13.5. The van der Waals surface area contributed by atoms with Crippen LogP contribution in [0.4, 0.5) is 0 Å². The molecule has 6 unspecified atom stereocenters. The van der Waals surface area contributed by atoms with Crippen molar-refractivity contribution in [2.24, 2.45) is 29.6 Å². The molecule has 31 heavy (non-hydrogen) atoms. The highest BCUT2D eigenvalue weighted by Crippen LogP contribution is 2.29. The third-order valence-corrected chi connectivity index (χ3v) is 7.00. The van der Waals surface area contributed by atoms with Crippen molar-refractivity contribution in [2.45, 2.75) is 129 Å². The molecular formula is C28H57IO2. The Bertz CT molecular complexity index is 374. The summed E-state index contributed by atoms with van der Waals surface area (Å²) in [6.45, 7) is 19.0. The van der Waals surface area contributed by atoms with Crippen LogP contribution in [0.3, 0.4) is 0 Å². The molecule has 0 aromatic heterocycles. The van der Waals surface area contributed by atoms with E-state index >= 15 is 0 Å². The van der Waals surface area contributed by atoms with Crippen LogP contribution in [0.5, 0.6) is 0 Å². The highest BCUT2D eigenvalue weighted by atomic mass is 127. The normalized spacial score (nSPS) is 17.8. The van der Waals surface area contributed by atoms with Gasteiger partial charge in [0.15, 0.2) is 0 Å². The second kappa shape index (κ2) is 21.2. The Kier molecular flexibility index (Phi) is 21.6. The van der Waals surface area contributed by atoms with Gasteiger partial charge >= 0.3 is 0 Å². The van der Waals surface area contributed by atoms with E-state index in [9.17, 15) is 0 Å². The van der Waals surface area contributed by atoms with E-state index in [0.29, 0.717) is 6.79 Å². The molecule has 0 saturated heterocycles. The lowest BCUT2D eigenvalue weighted by Crippen LogP contribution is -2.13. The maximum atomic E-state index is 5.66. The first-order valence-corrected chi connectivity index (χ1v) is 14.8. The van der Waals surface area contributed by atoms with Crippen molar-refractivity contribution in [2.75, 3.05) is 20.0 Å². The molecule has 0 radical (unpaired) electrons. The quantitative estimate of drug-likeness (QED) is 0.0576. The van der Waals surface area contributed by atoms with Crippen molar-refractivity contribution < 1.29 is 9.47 Å². The zero-order valence-electron chi connectivity index (χ0n) is 22.3. The fourth-order valence-electron chi connectivity index (χ4n) is 5.32. The van der Waals surface area contributed by atoms with E-state index in [0.717, 1.165) is 53.1 Å². The zero-order chi connectivity index (χ0) is 23.5. The maximum Gasteiger partial charge on any atom is 0.146 e. The second-order valence-electron chi connectivity index (χ2n) is 11.0. The van der Waals surface area contributed by atoms with Gasteiger partial charge in [0, 0.05) is 17.1 Å².